The summed E-state index contributed by atoms with van der Waals surface area (Å²) in [4.78, 5) is 16.0. The smallest absolute Gasteiger partial charge is 0.320 e. The van der Waals surface area contributed by atoms with Crippen molar-refractivity contribution >= 4 is 5.97 Å². The Morgan fingerprint density at radius 1 is 1.42 bits per heavy atom. The van der Waals surface area contributed by atoms with Crippen LogP contribution in [0.2, 0.25) is 0 Å². The highest BCUT2D eigenvalue weighted by atomic mass is 16.4. The molecule has 19 heavy (non-hydrogen) atoms. The standard InChI is InChI=1S/C14H27N3O2/c1-11-10-16(2)7-3-8-17(11)9-6-13(14(18)19)15-12-4-5-12/h11-13,15H,3-10H2,1-2H3,(H,18,19). The predicted molar refractivity (Wildman–Crippen MR) is 75.3 cm³/mol. The maximum atomic E-state index is 11.2. The van der Waals surface area contributed by atoms with Crippen molar-refractivity contribution in [2.24, 2.45) is 0 Å². The van der Waals surface area contributed by atoms with Crippen LogP contribution in [-0.4, -0.2) is 72.2 Å². The third-order valence-corrected chi connectivity index (χ3v) is 4.20. The Hall–Kier alpha value is -0.650. The van der Waals surface area contributed by atoms with Crippen molar-refractivity contribution in [3.05, 3.63) is 0 Å². The van der Waals surface area contributed by atoms with E-state index in [1.54, 1.807) is 0 Å². The maximum absolute atomic E-state index is 11.2. The number of likely N-dealkylation sites (N-methyl/N-ethyl adjacent to an activating group) is 1. The number of carboxylic acid groups (broad SMARTS) is 1. The molecule has 1 heterocycles. The Bertz CT molecular complexity index is 307. The molecule has 0 aromatic rings. The highest BCUT2D eigenvalue weighted by Gasteiger charge is 2.29. The Kier molecular flexibility index (Phi) is 5.19. The van der Waals surface area contributed by atoms with Gasteiger partial charge in [0.05, 0.1) is 0 Å². The number of aliphatic carboxylic acids is 1. The molecule has 1 saturated heterocycles. The zero-order chi connectivity index (χ0) is 13.8. The molecular formula is C14H27N3O2. The summed E-state index contributed by atoms with van der Waals surface area (Å²) in [6, 6.07) is 0.595. The van der Waals surface area contributed by atoms with Gasteiger partial charge < -0.3 is 15.3 Å². The van der Waals surface area contributed by atoms with Gasteiger partial charge in [-0.25, -0.2) is 0 Å². The molecule has 2 aliphatic rings. The topological polar surface area (TPSA) is 55.8 Å². The van der Waals surface area contributed by atoms with Crippen LogP contribution in [0.15, 0.2) is 0 Å². The second-order valence-corrected chi connectivity index (χ2v) is 6.12. The Morgan fingerprint density at radius 2 is 2.16 bits per heavy atom. The van der Waals surface area contributed by atoms with Crippen LogP contribution in [0.4, 0.5) is 0 Å². The van der Waals surface area contributed by atoms with Gasteiger partial charge in [0, 0.05) is 25.2 Å². The fourth-order valence-corrected chi connectivity index (χ4v) is 2.86. The van der Waals surface area contributed by atoms with Crippen LogP contribution >= 0.6 is 0 Å². The molecule has 0 bridgehead atoms. The second kappa shape index (κ2) is 6.68. The summed E-state index contributed by atoms with van der Waals surface area (Å²) in [6.45, 7) is 6.43. The largest absolute Gasteiger partial charge is 0.480 e. The van der Waals surface area contributed by atoms with Crippen molar-refractivity contribution in [2.75, 3.05) is 33.2 Å². The fourth-order valence-electron chi connectivity index (χ4n) is 2.86. The molecule has 0 radical (unpaired) electrons. The molecule has 5 nitrogen and oxygen atoms in total. The molecule has 2 fully saturated rings. The summed E-state index contributed by atoms with van der Waals surface area (Å²) in [5, 5.41) is 12.5. The Labute approximate surface area is 115 Å². The number of carboxylic acids is 1. The molecule has 2 N–H and O–H groups in total. The van der Waals surface area contributed by atoms with Gasteiger partial charge in [0.25, 0.3) is 0 Å². The molecule has 1 aliphatic heterocycles. The summed E-state index contributed by atoms with van der Waals surface area (Å²) in [7, 11) is 2.16. The molecule has 5 heteroatoms. The number of hydrogen-bond donors (Lipinski definition) is 2. The normalized spacial score (nSPS) is 28.0. The second-order valence-electron chi connectivity index (χ2n) is 6.12. The quantitative estimate of drug-likeness (QED) is 0.740. The zero-order valence-electron chi connectivity index (χ0n) is 12.1. The molecule has 0 aromatic carbocycles. The summed E-state index contributed by atoms with van der Waals surface area (Å²) in [6.07, 6.45) is 4.15. The van der Waals surface area contributed by atoms with Crippen molar-refractivity contribution < 1.29 is 9.90 Å². The summed E-state index contributed by atoms with van der Waals surface area (Å²) < 4.78 is 0. The molecule has 0 amide bonds. The minimum Gasteiger partial charge on any atom is -0.480 e. The van der Waals surface area contributed by atoms with Gasteiger partial charge in [-0.1, -0.05) is 0 Å². The van der Waals surface area contributed by atoms with E-state index in [1.165, 1.54) is 6.42 Å². The molecular weight excluding hydrogens is 242 g/mol. The van der Waals surface area contributed by atoms with Crippen molar-refractivity contribution in [2.45, 2.75) is 50.7 Å². The average Bonchev–Trinajstić information content (AvgIpc) is 3.14. The Morgan fingerprint density at radius 3 is 2.79 bits per heavy atom. The number of nitrogens with zero attached hydrogens (tertiary/aromatic N) is 2. The molecule has 2 unspecified atom stereocenters. The lowest BCUT2D eigenvalue weighted by atomic mass is 10.1. The molecule has 2 atom stereocenters. The first-order valence-electron chi connectivity index (χ1n) is 7.47. The van der Waals surface area contributed by atoms with E-state index >= 15 is 0 Å². The molecule has 1 aliphatic carbocycles. The van der Waals surface area contributed by atoms with E-state index in [1.807, 2.05) is 0 Å². The Balaban J connectivity index is 1.79. The monoisotopic (exact) mass is 269 g/mol. The lowest BCUT2D eigenvalue weighted by Crippen LogP contribution is -2.44. The molecule has 0 spiro atoms. The number of carbonyl (C=O) groups is 1. The molecule has 1 saturated carbocycles. The lowest BCUT2D eigenvalue weighted by Gasteiger charge is -2.29. The first kappa shape index (κ1) is 14.8. The van der Waals surface area contributed by atoms with Crippen LogP contribution in [0.5, 0.6) is 0 Å². The SMILES string of the molecule is CC1CN(C)CCCN1CCC(NC1CC1)C(=O)O. The van der Waals surface area contributed by atoms with Gasteiger partial charge in [0.15, 0.2) is 0 Å². The first-order valence-corrected chi connectivity index (χ1v) is 7.47. The predicted octanol–water partition coefficient (Wildman–Crippen LogP) is 0.608. The summed E-state index contributed by atoms with van der Waals surface area (Å²) >= 11 is 0. The van der Waals surface area contributed by atoms with Gasteiger partial charge in [0.1, 0.15) is 6.04 Å². The molecule has 110 valence electrons. The van der Waals surface area contributed by atoms with Gasteiger partial charge in [-0.3, -0.25) is 9.69 Å². The summed E-state index contributed by atoms with van der Waals surface area (Å²) in [5.41, 5.74) is 0. The molecule has 0 aromatic heterocycles. The van der Waals surface area contributed by atoms with Crippen LogP contribution < -0.4 is 5.32 Å². The average molecular weight is 269 g/mol. The van der Waals surface area contributed by atoms with E-state index in [0.717, 1.165) is 39.0 Å². The van der Waals surface area contributed by atoms with Crippen LogP contribution in [0.1, 0.15) is 32.6 Å². The van der Waals surface area contributed by atoms with E-state index in [-0.39, 0.29) is 6.04 Å². The van der Waals surface area contributed by atoms with Crippen molar-refractivity contribution in [3.8, 4) is 0 Å². The minimum atomic E-state index is -0.702. The van der Waals surface area contributed by atoms with Gasteiger partial charge >= 0.3 is 5.97 Å². The van der Waals surface area contributed by atoms with E-state index in [0.29, 0.717) is 18.5 Å². The van der Waals surface area contributed by atoms with Crippen LogP contribution in [-0.2, 0) is 4.79 Å². The summed E-state index contributed by atoms with van der Waals surface area (Å²) in [5.74, 6) is -0.702. The first-order chi connectivity index (χ1) is 9.06. The molecule has 2 rings (SSSR count). The minimum absolute atomic E-state index is 0.374. The van der Waals surface area contributed by atoms with E-state index in [4.69, 9.17) is 0 Å². The van der Waals surface area contributed by atoms with E-state index in [2.05, 4.69) is 29.1 Å². The maximum Gasteiger partial charge on any atom is 0.320 e. The van der Waals surface area contributed by atoms with Crippen molar-refractivity contribution in [1.29, 1.82) is 0 Å². The van der Waals surface area contributed by atoms with E-state index < -0.39 is 5.97 Å². The van der Waals surface area contributed by atoms with Gasteiger partial charge in [-0.15, -0.1) is 0 Å². The third kappa shape index (κ3) is 4.75. The highest BCUT2D eigenvalue weighted by Crippen LogP contribution is 2.20. The van der Waals surface area contributed by atoms with Gasteiger partial charge in [0.2, 0.25) is 0 Å². The number of hydrogen-bond acceptors (Lipinski definition) is 4. The van der Waals surface area contributed by atoms with Crippen LogP contribution in [0.25, 0.3) is 0 Å². The van der Waals surface area contributed by atoms with Crippen LogP contribution in [0.3, 0.4) is 0 Å². The van der Waals surface area contributed by atoms with E-state index in [9.17, 15) is 9.90 Å². The number of rotatable bonds is 6. The third-order valence-electron chi connectivity index (χ3n) is 4.20. The highest BCUT2D eigenvalue weighted by molar-refractivity contribution is 5.73. The van der Waals surface area contributed by atoms with Gasteiger partial charge in [-0.2, -0.15) is 0 Å². The number of nitrogens with one attached hydrogen (secondary N) is 1. The van der Waals surface area contributed by atoms with Gasteiger partial charge in [-0.05, 0) is 52.7 Å². The lowest BCUT2D eigenvalue weighted by molar-refractivity contribution is -0.139. The zero-order valence-corrected chi connectivity index (χ0v) is 12.1. The van der Waals surface area contributed by atoms with Crippen LogP contribution in [0, 0.1) is 0 Å². The van der Waals surface area contributed by atoms with Crippen molar-refractivity contribution in [3.63, 3.8) is 0 Å². The van der Waals surface area contributed by atoms with Crippen molar-refractivity contribution in [1.82, 2.24) is 15.1 Å². The fraction of sp³-hybridized carbons (Fsp3) is 0.929.